The van der Waals surface area contributed by atoms with Crippen LogP contribution in [0, 0.1) is 0 Å². The van der Waals surface area contributed by atoms with Crippen LogP contribution in [-0.4, -0.2) is 29.8 Å². The summed E-state index contributed by atoms with van der Waals surface area (Å²) in [6.45, 7) is 7.85. The topological polar surface area (TPSA) is 63.4 Å². The molecule has 4 heteroatoms. The number of nitrogens with two attached hydrogens (primary N) is 1. The minimum absolute atomic E-state index is 0.288. The minimum atomic E-state index is -0.643. The highest BCUT2D eigenvalue weighted by Gasteiger charge is 2.06. The van der Waals surface area contributed by atoms with Crippen LogP contribution < -0.4 is 5.73 Å². The summed E-state index contributed by atoms with van der Waals surface area (Å²) in [5.74, 6) is -0.931. The SMILES string of the molecule is C=CCN(CC=C)C(=O)/C=C\C(N)=O. The lowest BCUT2D eigenvalue weighted by molar-refractivity contribution is -0.125. The van der Waals surface area contributed by atoms with Gasteiger partial charge in [0, 0.05) is 25.2 Å². The molecule has 0 radical (unpaired) electrons. The van der Waals surface area contributed by atoms with Crippen LogP contribution in [0.1, 0.15) is 0 Å². The van der Waals surface area contributed by atoms with E-state index < -0.39 is 5.91 Å². The van der Waals surface area contributed by atoms with Crippen molar-refractivity contribution in [3.8, 4) is 0 Å². The molecule has 0 heterocycles. The molecule has 0 aliphatic heterocycles. The summed E-state index contributed by atoms with van der Waals surface area (Å²) in [4.78, 5) is 23.2. The first-order valence-electron chi connectivity index (χ1n) is 4.10. The van der Waals surface area contributed by atoms with Gasteiger partial charge in [-0.25, -0.2) is 0 Å². The second-order valence-corrected chi connectivity index (χ2v) is 2.56. The predicted octanol–water partition coefficient (Wildman–Crippen LogP) is 0.229. The second kappa shape index (κ2) is 6.65. The van der Waals surface area contributed by atoms with Gasteiger partial charge in [0.25, 0.3) is 0 Å². The first-order chi connectivity index (χ1) is 6.61. The van der Waals surface area contributed by atoms with E-state index in [2.05, 4.69) is 13.2 Å². The third-order valence-corrected chi connectivity index (χ3v) is 1.40. The molecule has 0 saturated heterocycles. The van der Waals surface area contributed by atoms with Crippen LogP contribution in [0.25, 0.3) is 0 Å². The predicted molar refractivity (Wildman–Crippen MR) is 55.3 cm³/mol. The molecule has 0 aromatic heterocycles. The highest BCUT2D eigenvalue weighted by Crippen LogP contribution is 1.92. The minimum Gasteiger partial charge on any atom is -0.366 e. The van der Waals surface area contributed by atoms with Gasteiger partial charge >= 0.3 is 0 Å². The van der Waals surface area contributed by atoms with Crippen LogP contribution >= 0.6 is 0 Å². The van der Waals surface area contributed by atoms with Gasteiger partial charge in [0.1, 0.15) is 0 Å². The normalized spacial score (nSPS) is 9.71. The average molecular weight is 194 g/mol. The van der Waals surface area contributed by atoms with Crippen LogP contribution in [0.3, 0.4) is 0 Å². The Morgan fingerprint density at radius 1 is 1.14 bits per heavy atom. The maximum Gasteiger partial charge on any atom is 0.247 e. The molecule has 2 N–H and O–H groups in total. The fourth-order valence-corrected chi connectivity index (χ4v) is 0.825. The number of hydrogen-bond acceptors (Lipinski definition) is 2. The molecule has 76 valence electrons. The van der Waals surface area contributed by atoms with E-state index in [0.717, 1.165) is 12.2 Å². The zero-order valence-corrected chi connectivity index (χ0v) is 7.98. The van der Waals surface area contributed by atoms with Crippen LogP contribution in [0.15, 0.2) is 37.5 Å². The monoisotopic (exact) mass is 194 g/mol. The molecule has 0 atom stereocenters. The summed E-state index contributed by atoms with van der Waals surface area (Å²) in [5, 5.41) is 0. The highest BCUT2D eigenvalue weighted by molar-refractivity contribution is 5.96. The molecule has 0 bridgehead atoms. The van der Waals surface area contributed by atoms with E-state index in [-0.39, 0.29) is 5.91 Å². The van der Waals surface area contributed by atoms with E-state index in [1.165, 1.54) is 4.90 Å². The molecule has 2 amide bonds. The molecule has 0 aromatic rings. The van der Waals surface area contributed by atoms with Gasteiger partial charge in [-0.3, -0.25) is 9.59 Å². The van der Waals surface area contributed by atoms with Crippen molar-refractivity contribution in [3.63, 3.8) is 0 Å². The maximum atomic E-state index is 11.4. The second-order valence-electron chi connectivity index (χ2n) is 2.56. The molecule has 0 unspecified atom stereocenters. The van der Waals surface area contributed by atoms with Gasteiger partial charge < -0.3 is 10.6 Å². The van der Waals surface area contributed by atoms with Crippen LogP contribution in [0.2, 0.25) is 0 Å². The van der Waals surface area contributed by atoms with Gasteiger partial charge in [-0.2, -0.15) is 0 Å². The highest BCUT2D eigenvalue weighted by atomic mass is 16.2. The van der Waals surface area contributed by atoms with Crippen molar-refractivity contribution in [3.05, 3.63) is 37.5 Å². The lowest BCUT2D eigenvalue weighted by Crippen LogP contribution is -2.29. The summed E-state index contributed by atoms with van der Waals surface area (Å²) >= 11 is 0. The van der Waals surface area contributed by atoms with Gasteiger partial charge in [0.15, 0.2) is 0 Å². The maximum absolute atomic E-state index is 11.4. The summed E-state index contributed by atoms with van der Waals surface area (Å²) in [5.41, 5.74) is 4.85. The molecule has 0 fully saturated rings. The van der Waals surface area contributed by atoms with E-state index in [1.54, 1.807) is 12.2 Å². The van der Waals surface area contributed by atoms with E-state index in [9.17, 15) is 9.59 Å². The molecule has 0 aromatic carbocycles. The Kier molecular flexibility index (Phi) is 5.78. The zero-order chi connectivity index (χ0) is 11.0. The molecular formula is C10H14N2O2. The van der Waals surface area contributed by atoms with Gasteiger partial charge in [0.2, 0.25) is 11.8 Å². The van der Waals surface area contributed by atoms with Crippen molar-refractivity contribution in [2.45, 2.75) is 0 Å². The van der Waals surface area contributed by atoms with E-state index in [1.807, 2.05) is 0 Å². The number of amides is 2. The quantitative estimate of drug-likeness (QED) is 0.486. The molecule has 14 heavy (non-hydrogen) atoms. The average Bonchev–Trinajstić information content (AvgIpc) is 2.14. The Morgan fingerprint density at radius 2 is 1.64 bits per heavy atom. The van der Waals surface area contributed by atoms with Crippen molar-refractivity contribution in [2.75, 3.05) is 13.1 Å². The number of hydrogen-bond donors (Lipinski definition) is 1. The fraction of sp³-hybridized carbons (Fsp3) is 0.200. The van der Waals surface area contributed by atoms with E-state index in [4.69, 9.17) is 5.73 Å². The Hall–Kier alpha value is -1.84. The first-order valence-corrected chi connectivity index (χ1v) is 4.10. The number of carbonyl (C=O) groups is 2. The largest absolute Gasteiger partial charge is 0.366 e. The van der Waals surface area contributed by atoms with Crippen molar-refractivity contribution >= 4 is 11.8 Å². The number of rotatable bonds is 6. The van der Waals surface area contributed by atoms with Gasteiger partial charge in [-0.05, 0) is 0 Å². The molecule has 0 saturated carbocycles. The number of carbonyl (C=O) groups excluding carboxylic acids is 2. The van der Waals surface area contributed by atoms with Crippen LogP contribution in [0.4, 0.5) is 0 Å². The molecule has 0 spiro atoms. The van der Waals surface area contributed by atoms with Crippen molar-refractivity contribution in [2.24, 2.45) is 5.73 Å². The summed E-state index contributed by atoms with van der Waals surface area (Å²) in [6.07, 6.45) is 5.36. The van der Waals surface area contributed by atoms with Crippen molar-refractivity contribution in [1.29, 1.82) is 0 Å². The van der Waals surface area contributed by atoms with Crippen molar-refractivity contribution in [1.82, 2.24) is 4.90 Å². The Balaban J connectivity index is 4.34. The molecule has 0 aliphatic rings. The number of nitrogens with zero attached hydrogens (tertiary/aromatic N) is 1. The van der Waals surface area contributed by atoms with Crippen LogP contribution in [0.5, 0.6) is 0 Å². The fourth-order valence-electron chi connectivity index (χ4n) is 0.825. The standard InChI is InChI=1S/C10H14N2O2/c1-3-7-12(8-4-2)10(14)6-5-9(11)13/h3-6H,1-2,7-8H2,(H2,11,13)/b6-5-. The van der Waals surface area contributed by atoms with Crippen molar-refractivity contribution < 1.29 is 9.59 Å². The molecular weight excluding hydrogens is 180 g/mol. The van der Waals surface area contributed by atoms with Crippen LogP contribution in [-0.2, 0) is 9.59 Å². The lowest BCUT2D eigenvalue weighted by Gasteiger charge is -2.16. The Bertz CT molecular complexity index is 259. The van der Waals surface area contributed by atoms with E-state index in [0.29, 0.717) is 13.1 Å². The first kappa shape index (κ1) is 12.2. The van der Waals surface area contributed by atoms with Gasteiger partial charge in [-0.15, -0.1) is 13.2 Å². The third-order valence-electron chi connectivity index (χ3n) is 1.40. The van der Waals surface area contributed by atoms with Gasteiger partial charge in [0.05, 0.1) is 0 Å². The Labute approximate surface area is 83.4 Å². The molecule has 4 nitrogen and oxygen atoms in total. The molecule has 0 aliphatic carbocycles. The lowest BCUT2D eigenvalue weighted by atomic mass is 10.4. The summed E-state index contributed by atoms with van der Waals surface area (Å²) in [6, 6.07) is 0. The van der Waals surface area contributed by atoms with E-state index >= 15 is 0 Å². The summed E-state index contributed by atoms with van der Waals surface area (Å²) in [7, 11) is 0. The van der Waals surface area contributed by atoms with Gasteiger partial charge in [-0.1, -0.05) is 12.2 Å². The third kappa shape index (κ3) is 4.92. The number of primary amides is 1. The molecule has 0 rings (SSSR count). The zero-order valence-electron chi connectivity index (χ0n) is 7.98. The smallest absolute Gasteiger partial charge is 0.247 e. The summed E-state index contributed by atoms with van der Waals surface area (Å²) < 4.78 is 0. The Morgan fingerprint density at radius 3 is 2.00 bits per heavy atom.